The maximum Gasteiger partial charge on any atom is 0.223 e. The minimum atomic E-state index is -3.04. The zero-order valence-electron chi connectivity index (χ0n) is 14.0. The lowest BCUT2D eigenvalue weighted by Gasteiger charge is -2.11. The lowest BCUT2D eigenvalue weighted by molar-refractivity contribution is -0.123. The number of halogens is 2. The van der Waals surface area contributed by atoms with E-state index in [1.165, 1.54) is 12.1 Å². The van der Waals surface area contributed by atoms with Crippen molar-refractivity contribution in [2.45, 2.75) is 31.2 Å². The molecule has 1 aromatic rings. The number of nitrogens with one attached hydrogen (secondary N) is 2. The second-order valence-electron chi connectivity index (χ2n) is 6.79. The Morgan fingerprint density at radius 2 is 2.08 bits per heavy atom. The number of amides is 2. The molecular formula is C17H20ClFN2O4S. The Labute approximate surface area is 156 Å². The normalized spacial score (nSPS) is 26.3. The summed E-state index contributed by atoms with van der Waals surface area (Å²) < 4.78 is 36.6. The molecule has 1 heterocycles. The SMILES string of the molecule is O=C(CCNC(=O)[C@@H]1C[C@H]1c1c(F)cccc1Cl)N[C@H]1CCS(=O)(=O)C1. The molecule has 0 unspecified atom stereocenters. The van der Waals surface area contributed by atoms with Crippen LogP contribution in [-0.2, 0) is 19.4 Å². The number of benzene rings is 1. The molecule has 1 saturated carbocycles. The fourth-order valence-electron chi connectivity index (χ4n) is 3.31. The summed E-state index contributed by atoms with van der Waals surface area (Å²) in [5, 5.41) is 5.65. The summed E-state index contributed by atoms with van der Waals surface area (Å²) in [7, 11) is -3.04. The number of carbonyl (C=O) groups is 2. The monoisotopic (exact) mass is 402 g/mol. The molecule has 1 aliphatic heterocycles. The van der Waals surface area contributed by atoms with Crippen LogP contribution >= 0.6 is 11.6 Å². The first-order chi connectivity index (χ1) is 12.3. The van der Waals surface area contributed by atoms with Crippen LogP contribution in [0.2, 0.25) is 5.02 Å². The summed E-state index contributed by atoms with van der Waals surface area (Å²) in [5.74, 6) is -1.45. The topological polar surface area (TPSA) is 92.3 Å². The van der Waals surface area contributed by atoms with Gasteiger partial charge in [0.2, 0.25) is 11.8 Å². The van der Waals surface area contributed by atoms with E-state index in [1.54, 1.807) is 6.07 Å². The molecule has 0 bridgehead atoms. The fraction of sp³-hybridized carbons (Fsp3) is 0.529. The molecule has 1 saturated heterocycles. The van der Waals surface area contributed by atoms with E-state index >= 15 is 0 Å². The molecule has 3 atom stereocenters. The van der Waals surface area contributed by atoms with Crippen LogP contribution in [0.5, 0.6) is 0 Å². The van der Waals surface area contributed by atoms with Gasteiger partial charge in [0.15, 0.2) is 9.84 Å². The predicted octanol–water partition coefficient (Wildman–Crippen LogP) is 1.39. The van der Waals surface area contributed by atoms with Crippen LogP contribution in [0, 0.1) is 11.7 Å². The van der Waals surface area contributed by atoms with Crippen LogP contribution in [0.25, 0.3) is 0 Å². The number of carbonyl (C=O) groups excluding carboxylic acids is 2. The van der Waals surface area contributed by atoms with Gasteiger partial charge < -0.3 is 10.6 Å². The van der Waals surface area contributed by atoms with Gasteiger partial charge in [0.1, 0.15) is 5.82 Å². The molecule has 142 valence electrons. The minimum Gasteiger partial charge on any atom is -0.355 e. The highest BCUT2D eigenvalue weighted by Gasteiger charge is 2.46. The first-order valence-electron chi connectivity index (χ1n) is 8.48. The molecule has 1 aliphatic carbocycles. The summed E-state index contributed by atoms with van der Waals surface area (Å²) in [6.45, 7) is 0.151. The summed E-state index contributed by atoms with van der Waals surface area (Å²) in [4.78, 5) is 24.0. The third-order valence-corrected chi connectivity index (χ3v) is 6.84. The Hall–Kier alpha value is -1.67. The van der Waals surface area contributed by atoms with Crippen molar-refractivity contribution in [3.05, 3.63) is 34.6 Å². The van der Waals surface area contributed by atoms with E-state index in [4.69, 9.17) is 11.6 Å². The van der Waals surface area contributed by atoms with Crippen molar-refractivity contribution in [2.24, 2.45) is 5.92 Å². The van der Waals surface area contributed by atoms with Gasteiger partial charge in [-0.25, -0.2) is 12.8 Å². The molecule has 2 fully saturated rings. The molecule has 2 amide bonds. The average molecular weight is 403 g/mol. The molecule has 6 nitrogen and oxygen atoms in total. The first-order valence-corrected chi connectivity index (χ1v) is 10.7. The molecular weight excluding hydrogens is 383 g/mol. The second-order valence-corrected chi connectivity index (χ2v) is 9.43. The Balaban J connectivity index is 1.41. The third kappa shape index (κ3) is 4.54. The van der Waals surface area contributed by atoms with Crippen LogP contribution < -0.4 is 10.6 Å². The average Bonchev–Trinajstić information content (AvgIpc) is 3.25. The van der Waals surface area contributed by atoms with Crippen LogP contribution in [0.1, 0.15) is 30.7 Å². The summed E-state index contributed by atoms with van der Waals surface area (Å²) in [6, 6.07) is 4.09. The molecule has 2 N–H and O–H groups in total. The van der Waals surface area contributed by atoms with Crippen LogP contribution in [0.4, 0.5) is 4.39 Å². The number of hydrogen-bond acceptors (Lipinski definition) is 4. The lowest BCUT2D eigenvalue weighted by Crippen LogP contribution is -2.38. The van der Waals surface area contributed by atoms with E-state index in [0.717, 1.165) is 0 Å². The van der Waals surface area contributed by atoms with Gasteiger partial charge in [-0.2, -0.15) is 0 Å². The number of rotatable bonds is 6. The predicted molar refractivity (Wildman–Crippen MR) is 95.1 cm³/mol. The van der Waals surface area contributed by atoms with Gasteiger partial charge in [0, 0.05) is 41.4 Å². The second kappa shape index (κ2) is 7.52. The molecule has 0 radical (unpaired) electrons. The Bertz CT molecular complexity index is 810. The fourth-order valence-corrected chi connectivity index (χ4v) is 5.28. The van der Waals surface area contributed by atoms with E-state index in [-0.39, 0.29) is 54.2 Å². The largest absolute Gasteiger partial charge is 0.355 e. The molecule has 0 spiro atoms. The summed E-state index contributed by atoms with van der Waals surface area (Å²) in [6.07, 6.45) is 1.02. The van der Waals surface area contributed by atoms with Crippen molar-refractivity contribution < 1.29 is 22.4 Å². The van der Waals surface area contributed by atoms with E-state index in [2.05, 4.69) is 10.6 Å². The quantitative estimate of drug-likeness (QED) is 0.752. The Morgan fingerprint density at radius 1 is 1.31 bits per heavy atom. The van der Waals surface area contributed by atoms with Crippen molar-refractivity contribution in [1.82, 2.24) is 10.6 Å². The van der Waals surface area contributed by atoms with Gasteiger partial charge in [-0.1, -0.05) is 17.7 Å². The van der Waals surface area contributed by atoms with Crippen molar-refractivity contribution >= 4 is 33.3 Å². The minimum absolute atomic E-state index is 0.0295. The van der Waals surface area contributed by atoms with Gasteiger partial charge in [-0.3, -0.25) is 9.59 Å². The molecule has 26 heavy (non-hydrogen) atoms. The lowest BCUT2D eigenvalue weighted by atomic mass is 10.1. The maximum absolute atomic E-state index is 13.9. The van der Waals surface area contributed by atoms with Crippen LogP contribution in [-0.4, -0.2) is 44.3 Å². The zero-order chi connectivity index (χ0) is 18.9. The van der Waals surface area contributed by atoms with Gasteiger partial charge >= 0.3 is 0 Å². The first kappa shape index (κ1) is 19.1. The van der Waals surface area contributed by atoms with Gasteiger partial charge in [-0.05, 0) is 25.0 Å². The Morgan fingerprint density at radius 3 is 2.73 bits per heavy atom. The maximum atomic E-state index is 13.9. The van der Waals surface area contributed by atoms with E-state index in [1.807, 2.05) is 0 Å². The third-order valence-electron chi connectivity index (χ3n) is 4.75. The standard InChI is InChI=1S/C17H20ClFN2O4S/c18-13-2-1-3-14(19)16(13)11-8-12(11)17(23)20-6-4-15(22)21-10-5-7-26(24,25)9-10/h1-3,10-12H,4-9H2,(H,20,23)(H,21,22)/t10-,11+,12+/m0/s1. The number of hydrogen-bond donors (Lipinski definition) is 2. The molecule has 9 heteroatoms. The number of sulfone groups is 1. The van der Waals surface area contributed by atoms with E-state index in [9.17, 15) is 22.4 Å². The molecule has 1 aromatic carbocycles. The highest BCUT2D eigenvalue weighted by Crippen LogP contribution is 2.50. The highest BCUT2D eigenvalue weighted by molar-refractivity contribution is 7.91. The summed E-state index contributed by atoms with van der Waals surface area (Å²) in [5.41, 5.74) is 0.370. The van der Waals surface area contributed by atoms with Gasteiger partial charge in [0.05, 0.1) is 11.5 Å². The van der Waals surface area contributed by atoms with Crippen molar-refractivity contribution in [3.8, 4) is 0 Å². The van der Waals surface area contributed by atoms with Crippen LogP contribution in [0.15, 0.2) is 18.2 Å². The zero-order valence-corrected chi connectivity index (χ0v) is 15.6. The van der Waals surface area contributed by atoms with Crippen molar-refractivity contribution in [3.63, 3.8) is 0 Å². The van der Waals surface area contributed by atoms with Crippen molar-refractivity contribution in [1.29, 1.82) is 0 Å². The summed E-state index contributed by atoms with van der Waals surface area (Å²) >= 11 is 6.01. The van der Waals surface area contributed by atoms with Gasteiger partial charge in [-0.15, -0.1) is 0 Å². The molecule has 2 aliphatic rings. The van der Waals surface area contributed by atoms with E-state index < -0.39 is 15.7 Å². The van der Waals surface area contributed by atoms with E-state index in [0.29, 0.717) is 23.4 Å². The molecule has 3 rings (SSSR count). The van der Waals surface area contributed by atoms with Crippen molar-refractivity contribution in [2.75, 3.05) is 18.1 Å². The Kier molecular flexibility index (Phi) is 5.53. The van der Waals surface area contributed by atoms with Crippen LogP contribution in [0.3, 0.4) is 0 Å². The molecule has 0 aromatic heterocycles. The smallest absolute Gasteiger partial charge is 0.223 e. The van der Waals surface area contributed by atoms with Gasteiger partial charge in [0.25, 0.3) is 0 Å². The highest BCUT2D eigenvalue weighted by atomic mass is 35.5.